The molecule has 118 valence electrons. The molecule has 4 N–H and O–H groups in total. The summed E-state index contributed by atoms with van der Waals surface area (Å²) in [5.74, 6) is 0. The Bertz CT molecular complexity index is 724. The Morgan fingerprint density at radius 1 is 1.00 bits per heavy atom. The smallest absolute Gasteiger partial charge is 0.324 e. The van der Waals surface area contributed by atoms with Crippen molar-refractivity contribution in [2.75, 3.05) is 0 Å². The predicted octanol–water partition coefficient (Wildman–Crippen LogP) is -0.492. The molecule has 0 radical (unpaired) electrons. The van der Waals surface area contributed by atoms with Crippen LogP contribution < -0.4 is 4.57 Å². The van der Waals surface area contributed by atoms with Gasteiger partial charge in [0.1, 0.15) is 6.20 Å². The summed E-state index contributed by atoms with van der Waals surface area (Å²) >= 11 is 0. The minimum absolute atomic E-state index is 0.322. The quantitative estimate of drug-likeness (QED) is 0.413. The van der Waals surface area contributed by atoms with Crippen LogP contribution in [-0.2, 0) is 15.7 Å². The van der Waals surface area contributed by atoms with Gasteiger partial charge in [0.05, 0.1) is 12.4 Å². The molecule has 2 aromatic heterocycles. The Morgan fingerprint density at radius 2 is 1.64 bits per heavy atom. The molecule has 2 heterocycles. The van der Waals surface area contributed by atoms with Crippen molar-refractivity contribution in [3.63, 3.8) is 0 Å². The summed E-state index contributed by atoms with van der Waals surface area (Å²) in [6, 6.07) is 0. The van der Waals surface area contributed by atoms with E-state index in [1.807, 2.05) is 0 Å². The molecule has 10 nitrogen and oxygen atoms in total. The molecule has 0 bridgehead atoms. The van der Waals surface area contributed by atoms with Crippen LogP contribution in [0, 0.1) is 0 Å². The van der Waals surface area contributed by atoms with Crippen molar-refractivity contribution >= 4 is 15.2 Å². The fraction of sp³-hybridized carbons (Fsp3) is 0.200. The van der Waals surface area contributed by atoms with Crippen LogP contribution in [0.25, 0.3) is 11.4 Å². The van der Waals surface area contributed by atoms with Crippen LogP contribution in [0.5, 0.6) is 0 Å². The van der Waals surface area contributed by atoms with Crippen LogP contribution in [0.4, 0.5) is 0 Å². The highest BCUT2D eigenvalue weighted by Crippen LogP contribution is 2.59. The van der Waals surface area contributed by atoms with Gasteiger partial charge in [-0.1, -0.05) is 0 Å². The lowest BCUT2D eigenvalue weighted by atomic mass is 10.3. The molecular weight excluding hydrogens is 334 g/mol. The van der Waals surface area contributed by atoms with Gasteiger partial charge in [0.15, 0.2) is 18.4 Å². The van der Waals surface area contributed by atoms with E-state index < -0.39 is 27.1 Å². The van der Waals surface area contributed by atoms with Gasteiger partial charge in [0.2, 0.25) is 5.40 Å². The van der Waals surface area contributed by atoms with E-state index in [1.54, 1.807) is 0 Å². The zero-order valence-electron chi connectivity index (χ0n) is 11.0. The van der Waals surface area contributed by atoms with Gasteiger partial charge < -0.3 is 19.6 Å². The third kappa shape index (κ3) is 4.01. The maximum absolute atomic E-state index is 11.4. The molecule has 2 rings (SSSR count). The molecule has 0 spiro atoms. The maximum Gasteiger partial charge on any atom is 0.347 e. The number of hydrogen-bond donors (Lipinski definition) is 4. The summed E-state index contributed by atoms with van der Waals surface area (Å²) in [6.45, 7) is -0.594. The number of nitrogens with zero attached hydrogens (tertiary/aromatic N) is 4. The predicted molar refractivity (Wildman–Crippen MR) is 73.3 cm³/mol. The summed E-state index contributed by atoms with van der Waals surface area (Å²) in [5.41, 5.74) is 0.674. The fourth-order valence-electron chi connectivity index (χ4n) is 1.78. The Morgan fingerprint density at radius 3 is 2.18 bits per heavy atom. The van der Waals surface area contributed by atoms with Gasteiger partial charge in [-0.15, -0.1) is 0 Å². The average Bonchev–Trinajstić information content (AvgIpc) is 2.43. The van der Waals surface area contributed by atoms with Crippen molar-refractivity contribution in [2.24, 2.45) is 0 Å². The van der Waals surface area contributed by atoms with Crippen LogP contribution in [0.3, 0.4) is 0 Å². The van der Waals surface area contributed by atoms with E-state index >= 15 is 0 Å². The number of rotatable bonds is 5. The van der Waals surface area contributed by atoms with Gasteiger partial charge in [0.25, 0.3) is 5.69 Å². The van der Waals surface area contributed by atoms with E-state index in [-0.39, 0.29) is 0 Å². The van der Waals surface area contributed by atoms with E-state index in [9.17, 15) is 28.7 Å². The van der Waals surface area contributed by atoms with E-state index in [1.165, 1.54) is 41.7 Å². The molecule has 0 fully saturated rings. The monoisotopic (exact) mass is 347 g/mol. The first-order chi connectivity index (χ1) is 10.2. The summed E-state index contributed by atoms with van der Waals surface area (Å²) in [7, 11) is -10.0. The second-order valence-corrected chi connectivity index (χ2v) is 8.37. The van der Waals surface area contributed by atoms with Crippen molar-refractivity contribution in [1.82, 2.24) is 15.0 Å². The minimum atomic E-state index is -5.01. The lowest BCUT2D eigenvalue weighted by molar-refractivity contribution is -0.684. The van der Waals surface area contributed by atoms with Crippen molar-refractivity contribution in [2.45, 2.75) is 11.9 Å². The number of hydrogen-bond acceptors (Lipinski definition) is 5. The average molecular weight is 347 g/mol. The minimum Gasteiger partial charge on any atom is -0.324 e. The Balaban J connectivity index is 2.46. The number of aromatic nitrogens is 4. The van der Waals surface area contributed by atoms with Crippen molar-refractivity contribution in [1.29, 1.82) is 0 Å². The molecule has 22 heavy (non-hydrogen) atoms. The summed E-state index contributed by atoms with van der Waals surface area (Å²) < 4.78 is 24.0. The van der Waals surface area contributed by atoms with Gasteiger partial charge in [-0.25, -0.2) is 4.98 Å². The van der Waals surface area contributed by atoms with E-state index in [0.717, 1.165) is 0 Å². The van der Waals surface area contributed by atoms with Crippen LogP contribution >= 0.6 is 15.2 Å². The highest BCUT2D eigenvalue weighted by Gasteiger charge is 2.47. The normalized spacial score (nSPS) is 12.6. The molecular formula is C10H13N4O6P2+. The molecule has 0 saturated heterocycles. The van der Waals surface area contributed by atoms with Crippen LogP contribution in [0.1, 0.15) is 0 Å². The van der Waals surface area contributed by atoms with E-state index in [0.29, 0.717) is 11.4 Å². The Hall–Kier alpha value is -1.54. The zero-order chi connectivity index (χ0) is 16.4. The summed E-state index contributed by atoms with van der Waals surface area (Å²) in [5, 5.41) is -2.15. The highest BCUT2D eigenvalue weighted by atomic mass is 31.2. The highest BCUT2D eigenvalue weighted by molar-refractivity contribution is 7.70. The second-order valence-electron chi connectivity index (χ2n) is 4.36. The SMILES string of the molecule is O=P(O)(O)C(C[n+]1ccncc1-c1cnccn1)P(=O)(O)O. The molecule has 12 heteroatoms. The van der Waals surface area contributed by atoms with Crippen LogP contribution in [0.15, 0.2) is 37.2 Å². The zero-order valence-corrected chi connectivity index (χ0v) is 12.8. The van der Waals surface area contributed by atoms with Gasteiger partial charge in [-0.3, -0.25) is 19.1 Å². The summed E-state index contributed by atoms with van der Waals surface area (Å²) in [6.07, 6.45) is 8.30. The standard InChI is InChI=1S/C10H12N4O6P2/c15-21(16,17)10(22(18,19)20)7-14-4-3-12-6-9(14)8-5-11-1-2-13-8/h1-6,10H,7H2,(H3-,15,16,17,18,19,20)/p+1. The maximum atomic E-state index is 11.4. The van der Waals surface area contributed by atoms with Crippen LogP contribution in [-0.4, -0.2) is 39.9 Å². The van der Waals surface area contributed by atoms with Crippen molar-refractivity contribution < 1.29 is 33.3 Å². The van der Waals surface area contributed by atoms with Gasteiger partial charge in [0, 0.05) is 12.4 Å². The fourth-order valence-corrected chi connectivity index (χ4v) is 4.12. The lowest BCUT2D eigenvalue weighted by Crippen LogP contribution is -2.41. The molecule has 2 aromatic rings. The Labute approximate surface area is 124 Å². The first kappa shape index (κ1) is 16.8. The van der Waals surface area contributed by atoms with Gasteiger partial charge in [-0.2, -0.15) is 4.57 Å². The molecule has 0 saturated carbocycles. The molecule has 0 amide bonds. The van der Waals surface area contributed by atoms with Gasteiger partial charge >= 0.3 is 15.2 Å². The molecule has 0 aliphatic carbocycles. The largest absolute Gasteiger partial charge is 0.347 e. The van der Waals surface area contributed by atoms with Crippen molar-refractivity contribution in [3.05, 3.63) is 37.2 Å². The van der Waals surface area contributed by atoms with Crippen LogP contribution in [0.2, 0.25) is 0 Å². The molecule has 0 aliphatic rings. The Kier molecular flexibility index (Phi) is 4.81. The molecule has 0 aliphatic heterocycles. The molecule has 0 atom stereocenters. The molecule has 0 aromatic carbocycles. The summed E-state index contributed by atoms with van der Waals surface area (Å²) in [4.78, 5) is 48.6. The molecule has 0 unspecified atom stereocenters. The first-order valence-corrected chi connectivity index (χ1v) is 9.26. The van der Waals surface area contributed by atoms with E-state index in [4.69, 9.17) is 0 Å². The second kappa shape index (κ2) is 6.29. The van der Waals surface area contributed by atoms with Crippen molar-refractivity contribution in [3.8, 4) is 11.4 Å². The third-order valence-corrected chi connectivity index (χ3v) is 6.49. The van der Waals surface area contributed by atoms with E-state index in [2.05, 4.69) is 15.0 Å². The topological polar surface area (TPSA) is 158 Å². The third-order valence-electron chi connectivity index (χ3n) is 2.80. The lowest BCUT2D eigenvalue weighted by Gasteiger charge is -2.17. The first-order valence-electron chi connectivity index (χ1n) is 5.90. The van der Waals surface area contributed by atoms with Gasteiger partial charge in [-0.05, 0) is 0 Å².